The molecule has 26 heavy (non-hydrogen) atoms. The predicted molar refractivity (Wildman–Crippen MR) is 111 cm³/mol. The number of halogens is 1. The first-order valence-corrected chi connectivity index (χ1v) is 10.4. The molecule has 0 aromatic heterocycles. The van der Waals surface area contributed by atoms with Gasteiger partial charge in [0, 0.05) is 35.2 Å². The summed E-state index contributed by atoms with van der Waals surface area (Å²) >= 11 is 7.44. The third-order valence-corrected chi connectivity index (χ3v) is 5.98. The minimum absolute atomic E-state index is 0.0463. The standard InChI is InChI=1S/C21H25ClN2OS/c1-16(26-20-11-7-18(22)8-12-20)21(25)23-15-17-5-9-19(10-6-17)24-13-3-2-4-14-24/h5-12,16H,2-4,13-15H2,1H3,(H,23,25)/t16-/m1/s1. The highest BCUT2D eigenvalue weighted by Gasteiger charge is 2.14. The average molecular weight is 389 g/mol. The summed E-state index contributed by atoms with van der Waals surface area (Å²) in [6, 6.07) is 16.1. The quantitative estimate of drug-likeness (QED) is 0.696. The number of rotatable bonds is 6. The second-order valence-electron chi connectivity index (χ2n) is 6.65. The Morgan fingerprint density at radius 1 is 1.08 bits per heavy atom. The minimum atomic E-state index is -0.149. The smallest absolute Gasteiger partial charge is 0.233 e. The molecular formula is C21H25ClN2OS. The molecule has 0 saturated carbocycles. The van der Waals surface area contributed by atoms with Gasteiger partial charge in [-0.15, -0.1) is 11.8 Å². The molecule has 1 fully saturated rings. The Hall–Kier alpha value is -1.65. The Bertz CT molecular complexity index is 712. The van der Waals surface area contributed by atoms with Crippen molar-refractivity contribution in [2.75, 3.05) is 18.0 Å². The summed E-state index contributed by atoms with van der Waals surface area (Å²) < 4.78 is 0. The number of hydrogen-bond donors (Lipinski definition) is 1. The summed E-state index contributed by atoms with van der Waals surface area (Å²) in [6.07, 6.45) is 3.90. The molecule has 2 aromatic carbocycles. The normalized spacial score (nSPS) is 15.5. The van der Waals surface area contributed by atoms with Gasteiger partial charge in [-0.2, -0.15) is 0 Å². The molecule has 1 aliphatic rings. The fraction of sp³-hybridized carbons (Fsp3) is 0.381. The Morgan fingerprint density at radius 2 is 1.73 bits per heavy atom. The molecule has 1 aliphatic heterocycles. The molecule has 1 heterocycles. The number of amides is 1. The zero-order valence-electron chi connectivity index (χ0n) is 15.1. The van der Waals surface area contributed by atoms with Crippen molar-refractivity contribution in [3.05, 3.63) is 59.1 Å². The summed E-state index contributed by atoms with van der Waals surface area (Å²) in [5.74, 6) is 0.0463. The number of thioether (sulfide) groups is 1. The molecule has 5 heteroatoms. The van der Waals surface area contributed by atoms with E-state index in [1.807, 2.05) is 31.2 Å². The van der Waals surface area contributed by atoms with Gasteiger partial charge in [0.25, 0.3) is 0 Å². The first kappa shape index (κ1) is 19.1. The lowest BCUT2D eigenvalue weighted by Gasteiger charge is -2.28. The highest BCUT2D eigenvalue weighted by molar-refractivity contribution is 8.00. The van der Waals surface area contributed by atoms with Crippen molar-refractivity contribution < 1.29 is 4.79 Å². The highest BCUT2D eigenvalue weighted by Crippen LogP contribution is 2.25. The maximum Gasteiger partial charge on any atom is 0.233 e. The topological polar surface area (TPSA) is 32.3 Å². The Labute approximate surface area is 165 Å². The number of carbonyl (C=O) groups excluding carboxylic acids is 1. The first-order chi connectivity index (χ1) is 12.6. The van der Waals surface area contributed by atoms with E-state index < -0.39 is 0 Å². The van der Waals surface area contributed by atoms with Crippen molar-refractivity contribution in [3.63, 3.8) is 0 Å². The lowest BCUT2D eigenvalue weighted by Crippen LogP contribution is -2.30. The number of carbonyl (C=O) groups is 1. The molecule has 3 rings (SSSR count). The van der Waals surface area contributed by atoms with Crippen LogP contribution in [0.4, 0.5) is 5.69 Å². The maximum atomic E-state index is 12.3. The molecule has 2 aromatic rings. The van der Waals surface area contributed by atoms with Crippen molar-refractivity contribution >= 4 is 35.0 Å². The van der Waals surface area contributed by atoms with Crippen LogP contribution in [-0.2, 0) is 11.3 Å². The molecule has 1 atom stereocenters. The number of benzene rings is 2. The van der Waals surface area contributed by atoms with Gasteiger partial charge in [0.15, 0.2) is 0 Å². The zero-order chi connectivity index (χ0) is 18.4. The van der Waals surface area contributed by atoms with Gasteiger partial charge in [-0.1, -0.05) is 23.7 Å². The van der Waals surface area contributed by atoms with E-state index in [-0.39, 0.29) is 11.2 Å². The van der Waals surface area contributed by atoms with Crippen LogP contribution in [0.2, 0.25) is 5.02 Å². The van der Waals surface area contributed by atoms with Crippen LogP contribution >= 0.6 is 23.4 Å². The molecule has 0 bridgehead atoms. The van der Waals surface area contributed by atoms with Crippen LogP contribution in [0.15, 0.2) is 53.4 Å². The molecule has 1 amide bonds. The van der Waals surface area contributed by atoms with Gasteiger partial charge < -0.3 is 10.2 Å². The highest BCUT2D eigenvalue weighted by atomic mass is 35.5. The minimum Gasteiger partial charge on any atom is -0.372 e. The summed E-state index contributed by atoms with van der Waals surface area (Å²) in [5.41, 5.74) is 2.41. The Morgan fingerprint density at radius 3 is 2.38 bits per heavy atom. The second-order valence-corrected chi connectivity index (χ2v) is 8.50. The van der Waals surface area contributed by atoms with E-state index in [9.17, 15) is 4.79 Å². The number of hydrogen-bond acceptors (Lipinski definition) is 3. The number of piperidine rings is 1. The van der Waals surface area contributed by atoms with E-state index in [0.717, 1.165) is 23.5 Å². The second kappa shape index (κ2) is 9.33. The van der Waals surface area contributed by atoms with E-state index >= 15 is 0 Å². The average Bonchev–Trinajstić information content (AvgIpc) is 2.69. The molecule has 0 spiro atoms. The van der Waals surface area contributed by atoms with E-state index in [2.05, 4.69) is 34.5 Å². The van der Waals surface area contributed by atoms with Crippen molar-refractivity contribution in [1.82, 2.24) is 5.32 Å². The summed E-state index contributed by atoms with van der Waals surface area (Å²) in [7, 11) is 0. The summed E-state index contributed by atoms with van der Waals surface area (Å²) in [4.78, 5) is 15.8. The third kappa shape index (κ3) is 5.42. The van der Waals surface area contributed by atoms with Crippen molar-refractivity contribution in [2.24, 2.45) is 0 Å². The van der Waals surface area contributed by atoms with Gasteiger partial charge in [-0.3, -0.25) is 4.79 Å². The molecule has 1 N–H and O–H groups in total. The van der Waals surface area contributed by atoms with E-state index in [0.29, 0.717) is 11.6 Å². The molecule has 1 saturated heterocycles. The summed E-state index contributed by atoms with van der Waals surface area (Å²) in [6.45, 7) is 4.78. The lowest BCUT2D eigenvalue weighted by atomic mass is 10.1. The number of nitrogens with one attached hydrogen (secondary N) is 1. The monoisotopic (exact) mass is 388 g/mol. The summed E-state index contributed by atoms with van der Waals surface area (Å²) in [5, 5.41) is 3.59. The zero-order valence-corrected chi connectivity index (χ0v) is 16.7. The largest absolute Gasteiger partial charge is 0.372 e. The fourth-order valence-corrected chi connectivity index (χ4v) is 4.10. The van der Waals surface area contributed by atoms with E-state index in [4.69, 9.17) is 11.6 Å². The van der Waals surface area contributed by atoms with Crippen LogP contribution in [0.1, 0.15) is 31.7 Å². The molecule has 138 valence electrons. The predicted octanol–water partition coefficient (Wildman–Crippen LogP) is 5.13. The Kier molecular flexibility index (Phi) is 6.86. The van der Waals surface area contributed by atoms with Gasteiger partial charge >= 0.3 is 0 Å². The Balaban J connectivity index is 1.48. The van der Waals surface area contributed by atoms with Crippen LogP contribution in [0.5, 0.6) is 0 Å². The van der Waals surface area contributed by atoms with Gasteiger partial charge in [0.1, 0.15) is 0 Å². The van der Waals surface area contributed by atoms with Crippen LogP contribution in [0.25, 0.3) is 0 Å². The van der Waals surface area contributed by atoms with Crippen molar-refractivity contribution in [3.8, 4) is 0 Å². The maximum absolute atomic E-state index is 12.3. The number of anilines is 1. The van der Waals surface area contributed by atoms with Crippen LogP contribution < -0.4 is 10.2 Å². The van der Waals surface area contributed by atoms with Gasteiger partial charge in [0.2, 0.25) is 5.91 Å². The van der Waals surface area contributed by atoms with E-state index in [1.165, 1.54) is 36.7 Å². The molecular weight excluding hydrogens is 364 g/mol. The number of nitrogens with zero attached hydrogens (tertiary/aromatic N) is 1. The van der Waals surface area contributed by atoms with Crippen molar-refractivity contribution in [1.29, 1.82) is 0 Å². The molecule has 0 unspecified atom stereocenters. The first-order valence-electron chi connectivity index (χ1n) is 9.15. The van der Waals surface area contributed by atoms with Crippen molar-refractivity contribution in [2.45, 2.75) is 42.9 Å². The lowest BCUT2D eigenvalue weighted by molar-refractivity contribution is -0.120. The van der Waals surface area contributed by atoms with Crippen LogP contribution in [0.3, 0.4) is 0 Å². The van der Waals surface area contributed by atoms with Gasteiger partial charge in [-0.25, -0.2) is 0 Å². The fourth-order valence-electron chi connectivity index (χ4n) is 3.08. The molecule has 0 aliphatic carbocycles. The van der Waals surface area contributed by atoms with Crippen LogP contribution in [-0.4, -0.2) is 24.2 Å². The van der Waals surface area contributed by atoms with Gasteiger partial charge in [0.05, 0.1) is 5.25 Å². The SMILES string of the molecule is C[C@@H](Sc1ccc(Cl)cc1)C(=O)NCc1ccc(N2CCCCC2)cc1. The van der Waals surface area contributed by atoms with Crippen LogP contribution in [0, 0.1) is 0 Å². The van der Waals surface area contributed by atoms with E-state index in [1.54, 1.807) is 0 Å². The third-order valence-electron chi connectivity index (χ3n) is 4.62. The van der Waals surface area contributed by atoms with Gasteiger partial charge in [-0.05, 0) is 68.1 Å². The molecule has 3 nitrogen and oxygen atoms in total. The molecule has 0 radical (unpaired) electrons.